The van der Waals surface area contributed by atoms with Crippen molar-refractivity contribution >= 4 is 11.8 Å². The number of likely N-dealkylation sites (N-methyl/N-ethyl adjacent to an activating group) is 1. The maximum Gasteiger partial charge on any atom is 0.227 e. The first-order valence-corrected chi connectivity index (χ1v) is 6.39. The Morgan fingerprint density at radius 1 is 1.39 bits per heavy atom. The number of carbonyl (C=O) groups excluding carboxylic acids is 2. The number of nitrogens with zero attached hydrogens (tertiary/aromatic N) is 1. The molecule has 0 saturated carbocycles. The maximum absolute atomic E-state index is 12.3. The van der Waals surface area contributed by atoms with E-state index in [1.165, 1.54) is 0 Å². The number of amides is 2. The van der Waals surface area contributed by atoms with Gasteiger partial charge in [0.05, 0.1) is 5.41 Å². The van der Waals surface area contributed by atoms with Gasteiger partial charge in [0.15, 0.2) is 0 Å². The zero-order valence-corrected chi connectivity index (χ0v) is 12.0. The molecule has 0 aromatic carbocycles. The zero-order chi connectivity index (χ0) is 14.1. The Morgan fingerprint density at radius 2 is 1.94 bits per heavy atom. The van der Waals surface area contributed by atoms with E-state index in [1.54, 1.807) is 11.9 Å². The van der Waals surface area contributed by atoms with E-state index in [2.05, 4.69) is 5.32 Å². The monoisotopic (exact) mass is 255 g/mol. The standard InChI is InChI=1S/C13H25N3O2/c1-12(2,13(3,4)14)11(18)15-9-6-7-10(17)16(5)8-9/h9H,6-8,14H2,1-5H3,(H,15,18). The summed E-state index contributed by atoms with van der Waals surface area (Å²) in [4.78, 5) is 25.3. The van der Waals surface area contributed by atoms with Gasteiger partial charge in [-0.25, -0.2) is 0 Å². The van der Waals surface area contributed by atoms with Crippen molar-refractivity contribution in [2.75, 3.05) is 13.6 Å². The minimum atomic E-state index is -0.646. The molecule has 0 radical (unpaired) electrons. The van der Waals surface area contributed by atoms with E-state index >= 15 is 0 Å². The van der Waals surface area contributed by atoms with Crippen LogP contribution in [0.25, 0.3) is 0 Å². The summed E-state index contributed by atoms with van der Waals surface area (Å²) in [5.41, 5.74) is 4.81. The van der Waals surface area contributed by atoms with E-state index in [4.69, 9.17) is 5.73 Å². The highest BCUT2D eigenvalue weighted by Gasteiger charge is 2.41. The lowest BCUT2D eigenvalue weighted by atomic mass is 9.74. The second-order valence-corrected chi connectivity index (χ2v) is 6.33. The highest BCUT2D eigenvalue weighted by atomic mass is 16.2. The minimum absolute atomic E-state index is 0.0295. The Morgan fingerprint density at radius 3 is 2.39 bits per heavy atom. The van der Waals surface area contributed by atoms with Crippen LogP contribution in [0.1, 0.15) is 40.5 Å². The Bertz CT molecular complexity index is 345. The molecule has 0 spiro atoms. The molecule has 3 N–H and O–H groups in total. The van der Waals surface area contributed by atoms with Crippen molar-refractivity contribution in [1.29, 1.82) is 0 Å². The van der Waals surface area contributed by atoms with Crippen molar-refractivity contribution in [1.82, 2.24) is 10.2 Å². The molecule has 0 bridgehead atoms. The molecule has 1 fully saturated rings. The van der Waals surface area contributed by atoms with Crippen LogP contribution in [0.15, 0.2) is 0 Å². The number of hydrogen-bond acceptors (Lipinski definition) is 3. The summed E-state index contributed by atoms with van der Waals surface area (Å²) in [5, 5.41) is 3.00. The van der Waals surface area contributed by atoms with Crippen LogP contribution >= 0.6 is 0 Å². The lowest BCUT2D eigenvalue weighted by molar-refractivity contribution is -0.137. The summed E-state index contributed by atoms with van der Waals surface area (Å²) >= 11 is 0. The molecular weight excluding hydrogens is 230 g/mol. The number of carbonyl (C=O) groups is 2. The number of piperidine rings is 1. The predicted octanol–water partition coefficient (Wildman–Crippen LogP) is 0.487. The molecule has 0 aromatic rings. The molecule has 1 atom stereocenters. The summed E-state index contributed by atoms with van der Waals surface area (Å²) in [5.74, 6) is 0.0849. The highest BCUT2D eigenvalue weighted by molar-refractivity contribution is 5.84. The first kappa shape index (κ1) is 15.0. The quantitative estimate of drug-likeness (QED) is 0.770. The van der Waals surface area contributed by atoms with Crippen LogP contribution in [0, 0.1) is 5.41 Å². The zero-order valence-electron chi connectivity index (χ0n) is 12.0. The molecular formula is C13H25N3O2. The molecule has 1 aliphatic rings. The van der Waals surface area contributed by atoms with Crippen molar-refractivity contribution in [3.05, 3.63) is 0 Å². The topological polar surface area (TPSA) is 75.4 Å². The van der Waals surface area contributed by atoms with Crippen molar-refractivity contribution in [3.8, 4) is 0 Å². The molecule has 0 aromatic heterocycles. The molecule has 18 heavy (non-hydrogen) atoms. The third-order valence-electron chi connectivity index (χ3n) is 4.14. The van der Waals surface area contributed by atoms with Crippen molar-refractivity contribution in [3.63, 3.8) is 0 Å². The third-order valence-corrected chi connectivity index (χ3v) is 4.14. The molecule has 1 heterocycles. The van der Waals surface area contributed by atoms with Crippen molar-refractivity contribution < 1.29 is 9.59 Å². The van der Waals surface area contributed by atoms with E-state index in [-0.39, 0.29) is 17.9 Å². The van der Waals surface area contributed by atoms with Gasteiger partial charge in [-0.1, -0.05) is 0 Å². The summed E-state index contributed by atoms with van der Waals surface area (Å²) in [7, 11) is 1.76. The van der Waals surface area contributed by atoms with E-state index < -0.39 is 11.0 Å². The first-order valence-electron chi connectivity index (χ1n) is 6.39. The van der Waals surface area contributed by atoms with Gasteiger partial charge in [-0.15, -0.1) is 0 Å². The fourth-order valence-corrected chi connectivity index (χ4v) is 1.79. The summed E-state index contributed by atoms with van der Waals surface area (Å²) < 4.78 is 0. The van der Waals surface area contributed by atoms with Gasteiger partial charge in [-0.3, -0.25) is 9.59 Å². The van der Waals surface area contributed by atoms with Gasteiger partial charge in [-0.05, 0) is 34.1 Å². The summed E-state index contributed by atoms with van der Waals surface area (Å²) in [6, 6.07) is 0.0295. The highest BCUT2D eigenvalue weighted by Crippen LogP contribution is 2.28. The predicted molar refractivity (Wildman–Crippen MR) is 70.8 cm³/mol. The van der Waals surface area contributed by atoms with Crippen LogP contribution in [-0.2, 0) is 9.59 Å². The Hall–Kier alpha value is -1.10. The molecule has 5 nitrogen and oxygen atoms in total. The second-order valence-electron chi connectivity index (χ2n) is 6.33. The normalized spacial score (nSPS) is 22.0. The van der Waals surface area contributed by atoms with Crippen LogP contribution in [0.4, 0.5) is 0 Å². The fraction of sp³-hybridized carbons (Fsp3) is 0.846. The lowest BCUT2D eigenvalue weighted by Crippen LogP contribution is -2.59. The Labute approximate surface area is 109 Å². The number of hydrogen-bond donors (Lipinski definition) is 2. The molecule has 1 saturated heterocycles. The molecule has 5 heteroatoms. The van der Waals surface area contributed by atoms with Gasteiger partial charge in [0.1, 0.15) is 0 Å². The van der Waals surface area contributed by atoms with E-state index in [0.29, 0.717) is 19.4 Å². The van der Waals surface area contributed by atoms with Crippen molar-refractivity contribution in [2.24, 2.45) is 11.1 Å². The van der Waals surface area contributed by atoms with Gasteiger partial charge in [0.25, 0.3) is 0 Å². The fourth-order valence-electron chi connectivity index (χ4n) is 1.79. The first-order chi connectivity index (χ1) is 8.05. The van der Waals surface area contributed by atoms with Gasteiger partial charge in [-0.2, -0.15) is 0 Å². The second kappa shape index (κ2) is 4.88. The van der Waals surface area contributed by atoms with Crippen molar-refractivity contribution in [2.45, 2.75) is 52.1 Å². The van der Waals surface area contributed by atoms with Gasteiger partial charge < -0.3 is 16.0 Å². The number of rotatable bonds is 3. The molecule has 2 amide bonds. The summed E-state index contributed by atoms with van der Waals surface area (Å²) in [6.45, 7) is 7.97. The number of likely N-dealkylation sites (tertiary alicyclic amines) is 1. The molecule has 0 aliphatic carbocycles. The molecule has 1 unspecified atom stereocenters. The van der Waals surface area contributed by atoms with Gasteiger partial charge in [0.2, 0.25) is 11.8 Å². The smallest absolute Gasteiger partial charge is 0.227 e. The number of nitrogens with two attached hydrogens (primary N) is 1. The third kappa shape index (κ3) is 3.02. The lowest BCUT2D eigenvalue weighted by Gasteiger charge is -2.39. The molecule has 1 aliphatic heterocycles. The van der Waals surface area contributed by atoms with Crippen LogP contribution in [-0.4, -0.2) is 41.9 Å². The largest absolute Gasteiger partial charge is 0.351 e. The van der Waals surface area contributed by atoms with E-state index in [9.17, 15) is 9.59 Å². The maximum atomic E-state index is 12.3. The average Bonchev–Trinajstić information content (AvgIpc) is 2.21. The Balaban J connectivity index is 2.63. The SMILES string of the molecule is CN1CC(NC(=O)C(C)(C)C(C)(C)N)CCC1=O. The van der Waals surface area contributed by atoms with E-state index in [1.807, 2.05) is 27.7 Å². The average molecular weight is 255 g/mol. The van der Waals surface area contributed by atoms with Crippen LogP contribution < -0.4 is 11.1 Å². The van der Waals surface area contributed by atoms with Crippen LogP contribution in [0.2, 0.25) is 0 Å². The Kier molecular flexibility index (Phi) is 4.05. The minimum Gasteiger partial charge on any atom is -0.351 e. The van der Waals surface area contributed by atoms with Crippen LogP contribution in [0.5, 0.6) is 0 Å². The molecule has 104 valence electrons. The van der Waals surface area contributed by atoms with Gasteiger partial charge >= 0.3 is 0 Å². The van der Waals surface area contributed by atoms with Crippen LogP contribution in [0.3, 0.4) is 0 Å². The molecule has 1 rings (SSSR count). The van der Waals surface area contributed by atoms with Gasteiger partial charge in [0, 0.05) is 31.6 Å². The summed E-state index contributed by atoms with van der Waals surface area (Å²) in [6.07, 6.45) is 1.20. The van der Waals surface area contributed by atoms with E-state index in [0.717, 1.165) is 0 Å². The number of nitrogens with one attached hydrogen (secondary N) is 1.